The molecule has 156 valence electrons. The van der Waals surface area contributed by atoms with E-state index in [0.29, 0.717) is 24.6 Å². The van der Waals surface area contributed by atoms with Crippen molar-refractivity contribution in [2.24, 2.45) is 0 Å². The number of nitrogens with one attached hydrogen (secondary N) is 2. The van der Waals surface area contributed by atoms with E-state index in [9.17, 15) is 14.4 Å². The molecule has 28 heavy (non-hydrogen) atoms. The number of aliphatic carboxylic acids is 2. The number of carboxylic acids is 2. The molecule has 0 aliphatic heterocycles. The number of amides is 1. The lowest BCUT2D eigenvalue weighted by molar-refractivity contribution is -0.134. The quantitative estimate of drug-likeness (QED) is 0.399. The summed E-state index contributed by atoms with van der Waals surface area (Å²) in [5.41, 5.74) is 2.09. The van der Waals surface area contributed by atoms with Gasteiger partial charge in [0.1, 0.15) is 0 Å². The van der Waals surface area contributed by atoms with E-state index in [4.69, 9.17) is 10.2 Å². The van der Waals surface area contributed by atoms with Gasteiger partial charge in [-0.3, -0.25) is 4.79 Å². The minimum Gasteiger partial charge on any atom is -0.478 e. The normalized spacial score (nSPS) is 11.1. The largest absolute Gasteiger partial charge is 0.478 e. The molecule has 0 heterocycles. The highest BCUT2D eigenvalue weighted by molar-refractivity contribution is 5.94. The predicted molar refractivity (Wildman–Crippen MR) is 110 cm³/mol. The van der Waals surface area contributed by atoms with Crippen molar-refractivity contribution in [2.45, 2.75) is 52.5 Å². The Bertz CT molecular complexity index is 660. The van der Waals surface area contributed by atoms with Crippen LogP contribution in [0.3, 0.4) is 0 Å². The first kappa shape index (κ1) is 25.3. The van der Waals surface area contributed by atoms with E-state index in [-0.39, 0.29) is 11.4 Å². The minimum atomic E-state index is -1.26. The molecule has 1 aromatic carbocycles. The molecule has 7 heteroatoms. The van der Waals surface area contributed by atoms with Gasteiger partial charge in [0, 0.05) is 29.8 Å². The van der Waals surface area contributed by atoms with Crippen LogP contribution in [0.15, 0.2) is 36.4 Å². The summed E-state index contributed by atoms with van der Waals surface area (Å²) in [5.74, 6) is -2.05. The number of carbonyl (C=O) groups is 3. The van der Waals surface area contributed by atoms with Crippen LogP contribution in [0.5, 0.6) is 0 Å². The molecule has 0 aliphatic carbocycles. The average molecular weight is 392 g/mol. The molecule has 0 spiro atoms. The van der Waals surface area contributed by atoms with Crippen LogP contribution in [0, 0.1) is 0 Å². The molecule has 0 aliphatic rings. The second-order valence-electron chi connectivity index (χ2n) is 7.58. The fourth-order valence-electron chi connectivity index (χ4n) is 2.04. The summed E-state index contributed by atoms with van der Waals surface area (Å²) in [4.78, 5) is 31.2. The van der Waals surface area contributed by atoms with Gasteiger partial charge in [-0.15, -0.1) is 0 Å². The molecular weight excluding hydrogens is 360 g/mol. The van der Waals surface area contributed by atoms with Crippen molar-refractivity contribution in [1.29, 1.82) is 0 Å². The first-order valence-corrected chi connectivity index (χ1v) is 9.19. The lowest BCUT2D eigenvalue weighted by Crippen LogP contribution is -2.37. The smallest absolute Gasteiger partial charge is 0.328 e. The molecule has 0 unspecified atom stereocenters. The van der Waals surface area contributed by atoms with Crippen LogP contribution < -0.4 is 10.6 Å². The maximum Gasteiger partial charge on any atom is 0.328 e. The van der Waals surface area contributed by atoms with Gasteiger partial charge in [0.25, 0.3) is 5.91 Å². The van der Waals surface area contributed by atoms with Crippen LogP contribution >= 0.6 is 0 Å². The SMILES string of the molecule is CC(C)c1cccc(C(=O)NCCCNC(C)(C)C)c1.O=C(O)/C=C\C(=O)O. The van der Waals surface area contributed by atoms with Gasteiger partial charge in [0.2, 0.25) is 0 Å². The van der Waals surface area contributed by atoms with Crippen molar-refractivity contribution in [2.75, 3.05) is 13.1 Å². The Hall–Kier alpha value is -2.67. The first-order chi connectivity index (χ1) is 12.9. The van der Waals surface area contributed by atoms with Gasteiger partial charge in [0.15, 0.2) is 0 Å². The van der Waals surface area contributed by atoms with Gasteiger partial charge < -0.3 is 20.8 Å². The summed E-state index contributed by atoms with van der Waals surface area (Å²) in [6, 6.07) is 7.86. The van der Waals surface area contributed by atoms with Crippen molar-refractivity contribution in [3.05, 3.63) is 47.5 Å². The lowest BCUT2D eigenvalue weighted by Gasteiger charge is -2.20. The molecule has 0 aromatic heterocycles. The van der Waals surface area contributed by atoms with Crippen LogP contribution in [0.1, 0.15) is 62.9 Å². The third-order valence-corrected chi connectivity index (χ3v) is 3.48. The molecule has 4 N–H and O–H groups in total. The zero-order valence-corrected chi connectivity index (χ0v) is 17.3. The zero-order chi connectivity index (χ0) is 21.7. The molecule has 7 nitrogen and oxygen atoms in total. The fourth-order valence-corrected chi connectivity index (χ4v) is 2.04. The van der Waals surface area contributed by atoms with Gasteiger partial charge in [-0.1, -0.05) is 26.0 Å². The van der Waals surface area contributed by atoms with Crippen molar-refractivity contribution in [1.82, 2.24) is 10.6 Å². The van der Waals surface area contributed by atoms with Crippen molar-refractivity contribution < 1.29 is 24.6 Å². The highest BCUT2D eigenvalue weighted by Gasteiger charge is 2.09. The number of rotatable bonds is 8. The molecule has 0 saturated heterocycles. The molecule has 0 radical (unpaired) electrons. The van der Waals surface area contributed by atoms with Crippen LogP contribution in [-0.2, 0) is 9.59 Å². The number of benzene rings is 1. The van der Waals surface area contributed by atoms with E-state index in [0.717, 1.165) is 18.5 Å². The summed E-state index contributed by atoms with van der Waals surface area (Å²) in [7, 11) is 0. The topological polar surface area (TPSA) is 116 Å². The van der Waals surface area contributed by atoms with Crippen LogP contribution in [-0.4, -0.2) is 46.7 Å². The number of carboxylic acid groups (broad SMARTS) is 2. The van der Waals surface area contributed by atoms with E-state index in [2.05, 4.69) is 51.3 Å². The summed E-state index contributed by atoms with van der Waals surface area (Å²) in [6.07, 6.45) is 2.05. The summed E-state index contributed by atoms with van der Waals surface area (Å²) >= 11 is 0. The van der Waals surface area contributed by atoms with Crippen molar-refractivity contribution in [3.63, 3.8) is 0 Å². The number of hydrogen-bond acceptors (Lipinski definition) is 4. The highest BCUT2D eigenvalue weighted by atomic mass is 16.4. The van der Waals surface area contributed by atoms with Crippen LogP contribution in [0.4, 0.5) is 0 Å². The number of carbonyl (C=O) groups excluding carboxylic acids is 1. The Labute approximate surface area is 166 Å². The molecule has 0 saturated carbocycles. The summed E-state index contributed by atoms with van der Waals surface area (Å²) < 4.78 is 0. The standard InChI is InChI=1S/C17H28N2O.C4H4O4/c1-13(2)14-8-6-9-15(12-14)16(20)18-10-7-11-19-17(3,4)5;5-3(6)1-2-4(7)8/h6,8-9,12-13,19H,7,10-11H2,1-5H3,(H,18,20);1-2H,(H,5,6)(H,7,8)/b;2-1-. The molecule has 1 aromatic rings. The monoisotopic (exact) mass is 392 g/mol. The van der Waals surface area contributed by atoms with Gasteiger partial charge in [-0.05, 0) is 57.4 Å². The van der Waals surface area contributed by atoms with Gasteiger partial charge in [-0.25, -0.2) is 9.59 Å². The van der Waals surface area contributed by atoms with E-state index >= 15 is 0 Å². The van der Waals surface area contributed by atoms with Crippen LogP contribution in [0.25, 0.3) is 0 Å². The van der Waals surface area contributed by atoms with Gasteiger partial charge in [-0.2, -0.15) is 0 Å². The van der Waals surface area contributed by atoms with Crippen molar-refractivity contribution in [3.8, 4) is 0 Å². The Kier molecular flexibility index (Phi) is 11.5. The number of hydrogen-bond donors (Lipinski definition) is 4. The average Bonchev–Trinajstić information content (AvgIpc) is 2.59. The maximum absolute atomic E-state index is 12.0. The third-order valence-electron chi connectivity index (χ3n) is 3.48. The Morgan fingerprint density at radius 1 is 1.04 bits per heavy atom. The van der Waals surface area contributed by atoms with Crippen LogP contribution in [0.2, 0.25) is 0 Å². The first-order valence-electron chi connectivity index (χ1n) is 9.19. The van der Waals surface area contributed by atoms with E-state index in [1.54, 1.807) is 0 Å². The second kappa shape index (κ2) is 12.7. The van der Waals surface area contributed by atoms with Gasteiger partial charge in [0.05, 0.1) is 0 Å². The molecule has 0 atom stereocenters. The molecule has 1 rings (SSSR count). The Morgan fingerprint density at radius 3 is 2.07 bits per heavy atom. The molecule has 0 fully saturated rings. The molecular formula is C21H32N2O5. The summed E-state index contributed by atoms with van der Waals surface area (Å²) in [5, 5.41) is 22.0. The van der Waals surface area contributed by atoms with Crippen molar-refractivity contribution >= 4 is 17.8 Å². The highest BCUT2D eigenvalue weighted by Crippen LogP contribution is 2.15. The predicted octanol–water partition coefficient (Wildman–Crippen LogP) is 3.03. The molecule has 1 amide bonds. The maximum atomic E-state index is 12.0. The lowest BCUT2D eigenvalue weighted by atomic mass is 10.0. The Balaban J connectivity index is 0.000000769. The minimum absolute atomic E-state index is 0.0169. The van der Waals surface area contributed by atoms with E-state index in [1.165, 1.54) is 5.56 Å². The fraction of sp³-hybridized carbons (Fsp3) is 0.476. The Morgan fingerprint density at radius 2 is 1.61 bits per heavy atom. The van der Waals surface area contributed by atoms with E-state index < -0.39 is 11.9 Å². The summed E-state index contributed by atoms with van der Waals surface area (Å²) in [6.45, 7) is 12.3. The zero-order valence-electron chi connectivity index (χ0n) is 17.3. The van der Waals surface area contributed by atoms with Gasteiger partial charge >= 0.3 is 11.9 Å². The third kappa shape index (κ3) is 13.5. The molecule has 0 bridgehead atoms. The second-order valence-corrected chi connectivity index (χ2v) is 7.58. The van der Waals surface area contributed by atoms with E-state index in [1.807, 2.05) is 18.2 Å².